The van der Waals surface area contributed by atoms with Crippen molar-refractivity contribution in [3.8, 4) is 11.5 Å². The van der Waals surface area contributed by atoms with Gasteiger partial charge in [-0.1, -0.05) is 24.3 Å². The molecular formula is C28H28N2O8. The molecule has 0 radical (unpaired) electrons. The zero-order valence-electron chi connectivity index (χ0n) is 21.0. The summed E-state index contributed by atoms with van der Waals surface area (Å²) in [5.74, 6) is -1.27. The Hall–Kier alpha value is -4.86. The van der Waals surface area contributed by atoms with Crippen LogP contribution in [-0.2, 0) is 19.1 Å². The van der Waals surface area contributed by atoms with Crippen LogP contribution >= 0.6 is 0 Å². The predicted octanol–water partition coefficient (Wildman–Crippen LogP) is 4.08. The second-order valence-electron chi connectivity index (χ2n) is 7.67. The number of anilines is 2. The van der Waals surface area contributed by atoms with Crippen molar-refractivity contribution >= 4 is 35.1 Å². The Bertz CT molecular complexity index is 1180. The molecule has 0 aliphatic carbocycles. The molecule has 3 rings (SSSR count). The number of rotatable bonds is 12. The first-order valence-electron chi connectivity index (χ1n) is 11.9. The normalized spacial score (nSPS) is 10.2. The van der Waals surface area contributed by atoms with E-state index in [9.17, 15) is 19.2 Å². The second-order valence-corrected chi connectivity index (χ2v) is 7.67. The van der Waals surface area contributed by atoms with Crippen molar-refractivity contribution in [1.82, 2.24) is 0 Å². The molecule has 0 unspecified atom stereocenters. The molecule has 3 aromatic rings. The van der Waals surface area contributed by atoms with E-state index in [4.69, 9.17) is 18.9 Å². The van der Waals surface area contributed by atoms with E-state index in [2.05, 4.69) is 10.6 Å². The average Bonchev–Trinajstić information content (AvgIpc) is 2.92. The van der Waals surface area contributed by atoms with Crippen molar-refractivity contribution in [3.63, 3.8) is 0 Å². The molecule has 0 fully saturated rings. The largest absolute Gasteiger partial charge is 0.480 e. The highest BCUT2D eigenvalue weighted by atomic mass is 16.6. The molecular weight excluding hydrogens is 492 g/mol. The highest BCUT2D eigenvalue weighted by Crippen LogP contribution is 2.26. The minimum absolute atomic E-state index is 0.240. The summed E-state index contributed by atoms with van der Waals surface area (Å²) in [5, 5.41) is 5.48. The summed E-state index contributed by atoms with van der Waals surface area (Å²) in [6.07, 6.45) is 0. The van der Waals surface area contributed by atoms with Crippen LogP contribution in [0.5, 0.6) is 11.5 Å². The minimum atomic E-state index is -0.518. The summed E-state index contributed by atoms with van der Waals surface area (Å²) >= 11 is 0. The summed E-state index contributed by atoms with van der Waals surface area (Å²) < 4.78 is 20.6. The van der Waals surface area contributed by atoms with Crippen LogP contribution in [0.15, 0.2) is 72.8 Å². The Morgan fingerprint density at radius 1 is 0.579 bits per heavy atom. The summed E-state index contributed by atoms with van der Waals surface area (Å²) in [6, 6.07) is 19.4. The van der Waals surface area contributed by atoms with Crippen LogP contribution in [0.3, 0.4) is 0 Å². The van der Waals surface area contributed by atoms with Gasteiger partial charge in [-0.2, -0.15) is 0 Å². The number of hydrogen-bond acceptors (Lipinski definition) is 8. The van der Waals surface area contributed by atoms with Crippen molar-refractivity contribution in [2.24, 2.45) is 0 Å². The van der Waals surface area contributed by atoms with Crippen molar-refractivity contribution in [1.29, 1.82) is 0 Å². The minimum Gasteiger partial charge on any atom is -0.480 e. The maximum Gasteiger partial charge on any atom is 0.344 e. The fourth-order valence-corrected chi connectivity index (χ4v) is 3.23. The number of carbonyl (C=O) groups excluding carboxylic acids is 4. The lowest BCUT2D eigenvalue weighted by atomic mass is 10.1. The molecule has 38 heavy (non-hydrogen) atoms. The van der Waals surface area contributed by atoms with Gasteiger partial charge < -0.3 is 29.6 Å². The summed E-state index contributed by atoms with van der Waals surface area (Å²) in [7, 11) is 0. The Kier molecular flexibility index (Phi) is 10.2. The molecule has 0 bridgehead atoms. The lowest BCUT2D eigenvalue weighted by molar-refractivity contribution is -0.146. The first-order chi connectivity index (χ1) is 18.4. The number of hydrogen-bond donors (Lipinski definition) is 2. The molecule has 3 aromatic carbocycles. The van der Waals surface area contributed by atoms with E-state index >= 15 is 0 Å². The highest BCUT2D eigenvalue weighted by Gasteiger charge is 2.14. The SMILES string of the molecule is CCOC(=O)COc1ccccc1NC(=O)c1ccc(C(=O)Nc2ccccc2OCC(=O)OCC)cc1. The molecule has 0 heterocycles. The number of esters is 2. The average molecular weight is 521 g/mol. The first-order valence-corrected chi connectivity index (χ1v) is 11.9. The lowest BCUT2D eigenvalue weighted by Crippen LogP contribution is -2.18. The van der Waals surface area contributed by atoms with Gasteiger partial charge in [-0.15, -0.1) is 0 Å². The fraction of sp³-hybridized carbons (Fsp3) is 0.214. The number of para-hydroxylation sites is 4. The van der Waals surface area contributed by atoms with Crippen molar-refractivity contribution < 1.29 is 38.1 Å². The standard InChI is InChI=1S/C28H28N2O8/c1-3-35-25(31)17-37-23-11-7-5-9-21(23)29-27(33)19-13-15-20(16-14-19)28(34)30-22-10-6-8-12-24(22)38-18-26(32)36-4-2/h5-16H,3-4,17-18H2,1-2H3,(H,29,33)(H,30,34). The second kappa shape index (κ2) is 14.0. The summed E-state index contributed by atoms with van der Waals surface area (Å²) in [6.45, 7) is 3.30. The zero-order chi connectivity index (χ0) is 27.3. The van der Waals surface area contributed by atoms with Crippen LogP contribution in [-0.4, -0.2) is 50.2 Å². The van der Waals surface area contributed by atoms with E-state index in [1.165, 1.54) is 24.3 Å². The molecule has 10 nitrogen and oxygen atoms in total. The topological polar surface area (TPSA) is 129 Å². The van der Waals surface area contributed by atoms with E-state index in [0.717, 1.165) is 0 Å². The number of amides is 2. The molecule has 0 aliphatic heterocycles. The van der Waals surface area contributed by atoms with Crippen molar-refractivity contribution in [3.05, 3.63) is 83.9 Å². The van der Waals surface area contributed by atoms with E-state index in [1.807, 2.05) is 0 Å². The maximum absolute atomic E-state index is 12.8. The maximum atomic E-state index is 12.8. The zero-order valence-corrected chi connectivity index (χ0v) is 21.0. The molecule has 198 valence electrons. The highest BCUT2D eigenvalue weighted by molar-refractivity contribution is 6.08. The monoisotopic (exact) mass is 520 g/mol. The van der Waals surface area contributed by atoms with Gasteiger partial charge in [0.15, 0.2) is 13.2 Å². The molecule has 0 saturated heterocycles. The summed E-state index contributed by atoms with van der Waals surface area (Å²) in [5.41, 5.74) is 1.37. The number of carbonyl (C=O) groups is 4. The van der Waals surface area contributed by atoms with Gasteiger partial charge in [-0.25, -0.2) is 9.59 Å². The first kappa shape index (κ1) is 27.7. The molecule has 0 atom stereocenters. The Labute approximate surface area is 219 Å². The van der Waals surface area contributed by atoms with Crippen molar-refractivity contribution in [2.45, 2.75) is 13.8 Å². The van der Waals surface area contributed by atoms with Gasteiger partial charge in [-0.05, 0) is 62.4 Å². The Balaban J connectivity index is 1.62. The van der Waals surface area contributed by atoms with Gasteiger partial charge in [0.25, 0.3) is 11.8 Å². The number of benzene rings is 3. The number of ether oxygens (including phenoxy) is 4. The van der Waals surface area contributed by atoms with Crippen LogP contribution in [0.2, 0.25) is 0 Å². The van der Waals surface area contributed by atoms with Crippen molar-refractivity contribution in [2.75, 3.05) is 37.1 Å². The fourth-order valence-electron chi connectivity index (χ4n) is 3.23. The van der Waals surface area contributed by atoms with Crippen LogP contribution in [0.25, 0.3) is 0 Å². The van der Waals surface area contributed by atoms with E-state index < -0.39 is 23.8 Å². The molecule has 0 spiro atoms. The molecule has 10 heteroatoms. The van der Waals surface area contributed by atoms with E-state index in [0.29, 0.717) is 34.0 Å². The molecule has 0 aliphatic rings. The third-order valence-electron chi connectivity index (χ3n) is 4.98. The van der Waals surface area contributed by atoms with Gasteiger partial charge in [0.2, 0.25) is 0 Å². The van der Waals surface area contributed by atoms with E-state index in [1.54, 1.807) is 62.4 Å². The quantitative estimate of drug-likeness (QED) is 0.342. The van der Waals surface area contributed by atoms with E-state index in [-0.39, 0.29) is 26.4 Å². The Morgan fingerprint density at radius 3 is 1.32 bits per heavy atom. The third-order valence-corrected chi connectivity index (χ3v) is 4.98. The Morgan fingerprint density at radius 2 is 0.947 bits per heavy atom. The predicted molar refractivity (Wildman–Crippen MR) is 139 cm³/mol. The van der Waals surface area contributed by atoms with Gasteiger partial charge >= 0.3 is 11.9 Å². The third kappa shape index (κ3) is 8.09. The van der Waals surface area contributed by atoms with Gasteiger partial charge in [0, 0.05) is 11.1 Å². The lowest BCUT2D eigenvalue weighted by Gasteiger charge is -2.13. The van der Waals surface area contributed by atoms with Crippen LogP contribution in [0, 0.1) is 0 Å². The van der Waals surface area contributed by atoms with Gasteiger partial charge in [0.1, 0.15) is 11.5 Å². The van der Waals surface area contributed by atoms with Gasteiger partial charge in [-0.3, -0.25) is 9.59 Å². The molecule has 2 N–H and O–H groups in total. The number of nitrogens with one attached hydrogen (secondary N) is 2. The molecule has 0 aromatic heterocycles. The van der Waals surface area contributed by atoms with Crippen LogP contribution < -0.4 is 20.1 Å². The van der Waals surface area contributed by atoms with Crippen LogP contribution in [0.4, 0.5) is 11.4 Å². The summed E-state index contributed by atoms with van der Waals surface area (Å²) in [4.78, 5) is 48.7. The smallest absolute Gasteiger partial charge is 0.344 e. The molecule has 0 saturated carbocycles. The van der Waals surface area contributed by atoms with Gasteiger partial charge in [0.05, 0.1) is 24.6 Å². The van der Waals surface area contributed by atoms with Crippen LogP contribution in [0.1, 0.15) is 34.6 Å². The molecule has 2 amide bonds.